The zero-order valence-corrected chi connectivity index (χ0v) is 15.4. The number of nitrogens with two attached hydrogens (primary N) is 2. The van der Waals surface area contributed by atoms with Gasteiger partial charge in [-0.05, 0) is 12.8 Å². The lowest BCUT2D eigenvalue weighted by Crippen LogP contribution is -2.51. The quantitative estimate of drug-likeness (QED) is 0.707. The van der Waals surface area contributed by atoms with Crippen molar-refractivity contribution in [3.63, 3.8) is 0 Å². The van der Waals surface area contributed by atoms with Crippen LogP contribution in [0.2, 0.25) is 0 Å². The zero-order valence-electron chi connectivity index (χ0n) is 14.5. The summed E-state index contributed by atoms with van der Waals surface area (Å²) in [7, 11) is 0. The number of likely N-dealkylation sites (tertiary alicyclic amines) is 1. The smallest absolute Gasteiger partial charge is 0.329 e. The summed E-state index contributed by atoms with van der Waals surface area (Å²) in [5, 5.41) is 0. The number of carbonyl (C=O) groups is 3. The molecule has 0 aliphatic carbocycles. The molecule has 1 aromatic heterocycles. The molecule has 142 valence electrons. The molecule has 9 nitrogen and oxygen atoms in total. The van der Waals surface area contributed by atoms with E-state index >= 15 is 0 Å². The average molecular weight is 380 g/mol. The monoisotopic (exact) mass is 380 g/mol. The maximum absolute atomic E-state index is 12.7. The Morgan fingerprint density at radius 2 is 2.00 bits per heavy atom. The average Bonchev–Trinajstić information content (AvgIpc) is 3.30. The van der Waals surface area contributed by atoms with Crippen LogP contribution >= 0.6 is 11.8 Å². The van der Waals surface area contributed by atoms with Crippen molar-refractivity contribution in [3.05, 3.63) is 18.2 Å². The van der Waals surface area contributed by atoms with E-state index in [0.29, 0.717) is 31.7 Å². The van der Waals surface area contributed by atoms with Gasteiger partial charge in [-0.25, -0.2) is 9.78 Å². The number of rotatable bonds is 4. The number of hydrogen-bond donors (Lipinski definition) is 2. The fourth-order valence-electron chi connectivity index (χ4n) is 3.40. The van der Waals surface area contributed by atoms with Gasteiger partial charge in [0.25, 0.3) is 0 Å². The predicted molar refractivity (Wildman–Crippen MR) is 97.5 cm³/mol. The molecule has 0 radical (unpaired) electrons. The van der Waals surface area contributed by atoms with E-state index < -0.39 is 18.0 Å². The lowest BCUT2D eigenvalue weighted by atomic mass is 10.1. The second-order valence-electron chi connectivity index (χ2n) is 6.54. The Bertz CT molecular complexity index is 687. The van der Waals surface area contributed by atoms with Gasteiger partial charge in [-0.3, -0.25) is 14.2 Å². The number of aromatic nitrogens is 2. The highest BCUT2D eigenvalue weighted by atomic mass is 32.2. The Morgan fingerprint density at radius 3 is 2.69 bits per heavy atom. The van der Waals surface area contributed by atoms with Crippen LogP contribution in [0.1, 0.15) is 18.5 Å². The lowest BCUT2D eigenvalue weighted by molar-refractivity contribution is -0.138. The third kappa shape index (κ3) is 3.85. The van der Waals surface area contributed by atoms with Crippen molar-refractivity contribution >= 4 is 29.6 Å². The molecule has 0 bridgehead atoms. The number of primary amides is 1. The van der Waals surface area contributed by atoms with E-state index in [2.05, 4.69) is 4.98 Å². The molecule has 2 fully saturated rings. The first kappa shape index (κ1) is 18.7. The van der Waals surface area contributed by atoms with Crippen LogP contribution in [0.3, 0.4) is 0 Å². The highest BCUT2D eigenvalue weighted by molar-refractivity contribution is 7.99. The fourth-order valence-corrected chi connectivity index (χ4v) is 4.31. The summed E-state index contributed by atoms with van der Waals surface area (Å²) in [6, 6.07) is -1.59. The van der Waals surface area contributed by atoms with Crippen LogP contribution in [0.5, 0.6) is 0 Å². The topological polar surface area (TPSA) is 128 Å². The van der Waals surface area contributed by atoms with Crippen molar-refractivity contribution in [2.75, 3.05) is 31.1 Å². The van der Waals surface area contributed by atoms with Gasteiger partial charge in [0, 0.05) is 49.5 Å². The number of amides is 3. The van der Waals surface area contributed by atoms with E-state index in [-0.39, 0.29) is 18.4 Å². The molecule has 0 saturated carbocycles. The molecular weight excluding hydrogens is 356 g/mol. The minimum atomic E-state index is -0.852. The molecule has 3 rings (SSSR count). The Kier molecular flexibility index (Phi) is 5.82. The number of nitrogens with zero attached hydrogens (tertiary/aromatic N) is 4. The van der Waals surface area contributed by atoms with Crippen LogP contribution in [0.15, 0.2) is 12.5 Å². The molecule has 0 unspecified atom stereocenters. The second-order valence-corrected chi connectivity index (χ2v) is 7.76. The maximum Gasteiger partial charge on any atom is 0.329 e. The van der Waals surface area contributed by atoms with E-state index in [1.807, 2.05) is 11.8 Å². The number of hydrogen-bond acceptors (Lipinski definition) is 6. The standard InChI is InChI=1S/C16H24N6O3S/c17-12(15(24)21-3-1-2-13(21)14(18)23)8-11-9-19-10-22(11)16(25)20-4-6-26-7-5-20/h9-10,12-13H,1-8,17H2,(H2,18,23)/t12-,13-/m0/s1. The fraction of sp³-hybridized carbons (Fsp3) is 0.625. The van der Waals surface area contributed by atoms with Crippen molar-refractivity contribution in [1.82, 2.24) is 19.4 Å². The van der Waals surface area contributed by atoms with Crippen molar-refractivity contribution in [3.8, 4) is 0 Å². The van der Waals surface area contributed by atoms with Crippen LogP contribution < -0.4 is 11.5 Å². The normalized spacial score (nSPS) is 21.7. The van der Waals surface area contributed by atoms with Gasteiger partial charge in [0.2, 0.25) is 11.8 Å². The Hall–Kier alpha value is -2.07. The molecule has 10 heteroatoms. The van der Waals surface area contributed by atoms with Crippen LogP contribution in [-0.4, -0.2) is 80.4 Å². The summed E-state index contributed by atoms with van der Waals surface area (Å²) < 4.78 is 1.46. The Morgan fingerprint density at radius 1 is 1.27 bits per heavy atom. The summed E-state index contributed by atoms with van der Waals surface area (Å²) in [5.41, 5.74) is 12.0. The summed E-state index contributed by atoms with van der Waals surface area (Å²) in [5.74, 6) is 1.00. The summed E-state index contributed by atoms with van der Waals surface area (Å²) in [6.45, 7) is 1.87. The molecule has 0 aromatic carbocycles. The molecule has 1 aromatic rings. The highest BCUT2D eigenvalue weighted by Crippen LogP contribution is 2.19. The van der Waals surface area contributed by atoms with Crippen LogP contribution in [-0.2, 0) is 16.0 Å². The Balaban J connectivity index is 1.67. The molecule has 3 amide bonds. The van der Waals surface area contributed by atoms with E-state index in [4.69, 9.17) is 11.5 Å². The minimum absolute atomic E-state index is 0.145. The maximum atomic E-state index is 12.7. The van der Waals surface area contributed by atoms with Gasteiger partial charge in [-0.2, -0.15) is 11.8 Å². The van der Waals surface area contributed by atoms with Gasteiger partial charge >= 0.3 is 6.03 Å². The van der Waals surface area contributed by atoms with Gasteiger partial charge in [0.1, 0.15) is 12.4 Å². The molecule has 2 saturated heterocycles. The van der Waals surface area contributed by atoms with E-state index in [1.165, 1.54) is 15.8 Å². The van der Waals surface area contributed by atoms with E-state index in [0.717, 1.165) is 17.9 Å². The van der Waals surface area contributed by atoms with Gasteiger partial charge in [-0.1, -0.05) is 0 Å². The SMILES string of the molecule is NC(=O)[C@@H]1CCCN1C(=O)[C@@H](N)Cc1cncn1C(=O)N1CCSCC1. The molecule has 26 heavy (non-hydrogen) atoms. The Labute approximate surface area is 156 Å². The first-order valence-electron chi connectivity index (χ1n) is 8.72. The number of imidazole rings is 1. The van der Waals surface area contributed by atoms with Gasteiger partial charge < -0.3 is 21.3 Å². The third-order valence-electron chi connectivity index (χ3n) is 4.81. The number of carbonyl (C=O) groups excluding carboxylic acids is 3. The molecular formula is C16H24N6O3S. The second kappa shape index (κ2) is 8.09. The van der Waals surface area contributed by atoms with Crippen molar-refractivity contribution < 1.29 is 14.4 Å². The van der Waals surface area contributed by atoms with Crippen LogP contribution in [0.4, 0.5) is 4.79 Å². The minimum Gasteiger partial charge on any atom is -0.368 e. The van der Waals surface area contributed by atoms with Crippen LogP contribution in [0, 0.1) is 0 Å². The van der Waals surface area contributed by atoms with Crippen molar-refractivity contribution in [2.45, 2.75) is 31.3 Å². The summed E-state index contributed by atoms with van der Waals surface area (Å²) in [6.07, 6.45) is 4.49. The highest BCUT2D eigenvalue weighted by Gasteiger charge is 2.35. The van der Waals surface area contributed by atoms with Crippen molar-refractivity contribution in [2.24, 2.45) is 11.5 Å². The largest absolute Gasteiger partial charge is 0.368 e. The van der Waals surface area contributed by atoms with Gasteiger partial charge in [0.05, 0.1) is 6.04 Å². The summed E-state index contributed by atoms with van der Waals surface area (Å²) >= 11 is 1.82. The van der Waals surface area contributed by atoms with Gasteiger partial charge in [-0.15, -0.1) is 0 Å². The molecule has 3 heterocycles. The van der Waals surface area contributed by atoms with E-state index in [9.17, 15) is 14.4 Å². The molecule has 2 aliphatic rings. The predicted octanol–water partition coefficient (Wildman–Crippen LogP) is -0.754. The molecule has 2 atom stereocenters. The zero-order chi connectivity index (χ0) is 18.7. The first-order chi connectivity index (χ1) is 12.5. The molecule has 2 aliphatic heterocycles. The van der Waals surface area contributed by atoms with Crippen molar-refractivity contribution in [1.29, 1.82) is 0 Å². The first-order valence-corrected chi connectivity index (χ1v) is 9.88. The van der Waals surface area contributed by atoms with E-state index in [1.54, 1.807) is 11.1 Å². The molecule has 4 N–H and O–H groups in total. The summed E-state index contributed by atoms with van der Waals surface area (Å²) in [4.78, 5) is 44.1. The molecule has 0 spiro atoms. The third-order valence-corrected chi connectivity index (χ3v) is 5.76. The van der Waals surface area contributed by atoms with Crippen LogP contribution in [0.25, 0.3) is 0 Å². The number of thioether (sulfide) groups is 1. The lowest BCUT2D eigenvalue weighted by Gasteiger charge is -2.28. The van der Waals surface area contributed by atoms with Gasteiger partial charge in [0.15, 0.2) is 0 Å².